The standard InChI is InChI=1S/C13H18O/c14-13(10-12-7-4-8-12)9-11-5-2-1-3-6-11/h1-3,5-6,12-14H,4,7-10H2. The molecular formula is C13H18O. The second-order valence-corrected chi connectivity index (χ2v) is 4.38. The first-order valence-corrected chi connectivity index (χ1v) is 5.56. The molecule has 1 unspecified atom stereocenters. The van der Waals surface area contributed by atoms with Crippen LogP contribution < -0.4 is 0 Å². The Bertz CT molecular complexity index is 264. The molecule has 1 aliphatic rings. The lowest BCUT2D eigenvalue weighted by Gasteiger charge is -2.27. The molecule has 0 radical (unpaired) electrons. The Morgan fingerprint density at radius 2 is 1.93 bits per heavy atom. The van der Waals surface area contributed by atoms with Crippen molar-refractivity contribution in [3.8, 4) is 0 Å². The highest BCUT2D eigenvalue weighted by Crippen LogP contribution is 2.30. The van der Waals surface area contributed by atoms with Crippen LogP contribution in [0.25, 0.3) is 0 Å². The highest BCUT2D eigenvalue weighted by atomic mass is 16.3. The van der Waals surface area contributed by atoms with E-state index in [4.69, 9.17) is 0 Å². The first-order valence-electron chi connectivity index (χ1n) is 5.56. The fourth-order valence-electron chi connectivity index (χ4n) is 2.08. The van der Waals surface area contributed by atoms with Crippen molar-refractivity contribution in [1.29, 1.82) is 0 Å². The van der Waals surface area contributed by atoms with E-state index >= 15 is 0 Å². The van der Waals surface area contributed by atoms with Gasteiger partial charge >= 0.3 is 0 Å². The number of hydrogen-bond acceptors (Lipinski definition) is 1. The summed E-state index contributed by atoms with van der Waals surface area (Å²) >= 11 is 0. The molecule has 14 heavy (non-hydrogen) atoms. The van der Waals surface area contributed by atoms with Crippen LogP contribution >= 0.6 is 0 Å². The molecule has 0 spiro atoms. The van der Waals surface area contributed by atoms with Gasteiger partial charge in [-0.1, -0.05) is 49.6 Å². The number of rotatable bonds is 4. The van der Waals surface area contributed by atoms with Crippen LogP contribution in [0.3, 0.4) is 0 Å². The molecule has 1 N–H and O–H groups in total. The van der Waals surface area contributed by atoms with E-state index in [-0.39, 0.29) is 6.10 Å². The first-order chi connectivity index (χ1) is 6.84. The van der Waals surface area contributed by atoms with E-state index in [2.05, 4.69) is 12.1 Å². The van der Waals surface area contributed by atoms with Crippen LogP contribution in [-0.2, 0) is 6.42 Å². The van der Waals surface area contributed by atoms with Gasteiger partial charge in [-0.15, -0.1) is 0 Å². The van der Waals surface area contributed by atoms with Gasteiger partial charge in [0, 0.05) is 0 Å². The minimum atomic E-state index is -0.136. The van der Waals surface area contributed by atoms with Crippen molar-refractivity contribution in [3.05, 3.63) is 35.9 Å². The Labute approximate surface area is 85.8 Å². The van der Waals surface area contributed by atoms with E-state index < -0.39 is 0 Å². The first kappa shape index (κ1) is 9.72. The van der Waals surface area contributed by atoms with Crippen LogP contribution in [0.4, 0.5) is 0 Å². The van der Waals surface area contributed by atoms with Gasteiger partial charge in [-0.25, -0.2) is 0 Å². The van der Waals surface area contributed by atoms with Crippen LogP contribution in [-0.4, -0.2) is 11.2 Å². The Morgan fingerprint density at radius 1 is 1.21 bits per heavy atom. The fourth-order valence-corrected chi connectivity index (χ4v) is 2.08. The quantitative estimate of drug-likeness (QED) is 0.774. The summed E-state index contributed by atoms with van der Waals surface area (Å²) in [7, 11) is 0. The van der Waals surface area contributed by atoms with E-state index in [0.717, 1.165) is 18.8 Å². The highest BCUT2D eigenvalue weighted by Gasteiger charge is 2.20. The summed E-state index contributed by atoms with van der Waals surface area (Å²) < 4.78 is 0. The van der Waals surface area contributed by atoms with Crippen molar-refractivity contribution in [2.75, 3.05) is 0 Å². The molecule has 0 aromatic heterocycles. The van der Waals surface area contributed by atoms with Crippen molar-refractivity contribution in [2.45, 2.75) is 38.2 Å². The highest BCUT2D eigenvalue weighted by molar-refractivity contribution is 5.15. The predicted molar refractivity (Wildman–Crippen MR) is 58.1 cm³/mol. The zero-order valence-electron chi connectivity index (χ0n) is 8.52. The van der Waals surface area contributed by atoms with E-state index in [0.29, 0.717) is 0 Å². The predicted octanol–water partition coefficient (Wildman–Crippen LogP) is 2.78. The van der Waals surface area contributed by atoms with Crippen LogP contribution in [0.15, 0.2) is 30.3 Å². The normalized spacial score (nSPS) is 18.9. The summed E-state index contributed by atoms with van der Waals surface area (Å²) in [5.74, 6) is 0.800. The Hall–Kier alpha value is -0.820. The van der Waals surface area contributed by atoms with Gasteiger partial charge in [-0.3, -0.25) is 0 Å². The maximum Gasteiger partial charge on any atom is 0.0583 e. The summed E-state index contributed by atoms with van der Waals surface area (Å²) in [4.78, 5) is 0. The summed E-state index contributed by atoms with van der Waals surface area (Å²) in [6, 6.07) is 10.3. The molecule has 0 amide bonds. The van der Waals surface area contributed by atoms with Gasteiger partial charge in [-0.2, -0.15) is 0 Å². The summed E-state index contributed by atoms with van der Waals surface area (Å²) in [5, 5.41) is 9.84. The van der Waals surface area contributed by atoms with Crippen LogP contribution in [0.1, 0.15) is 31.2 Å². The smallest absolute Gasteiger partial charge is 0.0583 e. The molecule has 1 aromatic carbocycles. The zero-order chi connectivity index (χ0) is 9.80. The molecule has 0 saturated heterocycles. The van der Waals surface area contributed by atoms with E-state index in [1.807, 2.05) is 18.2 Å². The third-order valence-corrected chi connectivity index (χ3v) is 3.14. The van der Waals surface area contributed by atoms with Gasteiger partial charge in [0.1, 0.15) is 0 Å². The molecule has 0 heterocycles. The van der Waals surface area contributed by atoms with Crippen molar-refractivity contribution in [1.82, 2.24) is 0 Å². The van der Waals surface area contributed by atoms with Crippen molar-refractivity contribution in [3.63, 3.8) is 0 Å². The number of aliphatic hydroxyl groups excluding tert-OH is 1. The second kappa shape index (κ2) is 4.61. The molecule has 0 bridgehead atoms. The largest absolute Gasteiger partial charge is 0.393 e. The van der Waals surface area contributed by atoms with Gasteiger partial charge in [0.15, 0.2) is 0 Å². The topological polar surface area (TPSA) is 20.2 Å². The maximum absolute atomic E-state index is 9.84. The third-order valence-electron chi connectivity index (χ3n) is 3.14. The number of hydrogen-bond donors (Lipinski definition) is 1. The molecule has 76 valence electrons. The van der Waals surface area contributed by atoms with Gasteiger partial charge in [0.25, 0.3) is 0 Å². The van der Waals surface area contributed by atoms with Crippen molar-refractivity contribution >= 4 is 0 Å². The Kier molecular flexibility index (Phi) is 3.20. The van der Waals surface area contributed by atoms with Crippen LogP contribution in [0.5, 0.6) is 0 Å². The maximum atomic E-state index is 9.84. The van der Waals surface area contributed by atoms with Gasteiger partial charge in [0.05, 0.1) is 6.10 Å². The molecule has 1 aromatic rings. The van der Waals surface area contributed by atoms with Gasteiger partial charge in [0.2, 0.25) is 0 Å². The Balaban J connectivity index is 1.79. The third kappa shape index (κ3) is 2.58. The average molecular weight is 190 g/mol. The molecule has 1 saturated carbocycles. The van der Waals surface area contributed by atoms with Crippen molar-refractivity contribution in [2.24, 2.45) is 5.92 Å². The van der Waals surface area contributed by atoms with Gasteiger partial charge < -0.3 is 5.11 Å². The monoisotopic (exact) mass is 190 g/mol. The Morgan fingerprint density at radius 3 is 2.50 bits per heavy atom. The summed E-state index contributed by atoms with van der Waals surface area (Å²) in [6.45, 7) is 0. The fraction of sp³-hybridized carbons (Fsp3) is 0.538. The number of benzene rings is 1. The lowest BCUT2D eigenvalue weighted by atomic mass is 9.80. The molecule has 2 rings (SSSR count). The van der Waals surface area contributed by atoms with E-state index in [1.165, 1.54) is 24.8 Å². The SMILES string of the molecule is OC(Cc1ccccc1)CC1CCC1. The lowest BCUT2D eigenvalue weighted by Crippen LogP contribution is -2.20. The van der Waals surface area contributed by atoms with Gasteiger partial charge in [-0.05, 0) is 24.3 Å². The molecule has 1 atom stereocenters. The van der Waals surface area contributed by atoms with Crippen molar-refractivity contribution < 1.29 is 5.11 Å². The minimum absolute atomic E-state index is 0.136. The molecule has 1 nitrogen and oxygen atoms in total. The second-order valence-electron chi connectivity index (χ2n) is 4.38. The summed E-state index contributed by atoms with van der Waals surface area (Å²) in [5.41, 5.74) is 1.25. The zero-order valence-corrected chi connectivity index (χ0v) is 8.52. The molecule has 1 aliphatic carbocycles. The van der Waals surface area contributed by atoms with Crippen LogP contribution in [0.2, 0.25) is 0 Å². The molecule has 1 fully saturated rings. The van der Waals surface area contributed by atoms with E-state index in [9.17, 15) is 5.11 Å². The molecule has 1 heteroatoms. The molecule has 0 aliphatic heterocycles. The van der Waals surface area contributed by atoms with Crippen LogP contribution in [0, 0.1) is 5.92 Å². The average Bonchev–Trinajstić information content (AvgIpc) is 2.13. The molecular weight excluding hydrogens is 172 g/mol. The lowest BCUT2D eigenvalue weighted by molar-refractivity contribution is 0.118. The van der Waals surface area contributed by atoms with E-state index in [1.54, 1.807) is 0 Å². The summed E-state index contributed by atoms with van der Waals surface area (Å²) in [6.07, 6.45) is 5.69. The number of aliphatic hydroxyl groups is 1. The minimum Gasteiger partial charge on any atom is -0.393 e.